The zero-order chi connectivity index (χ0) is 22.8. The van der Waals surface area contributed by atoms with E-state index in [1.54, 1.807) is 11.0 Å². The van der Waals surface area contributed by atoms with Gasteiger partial charge in [-0.25, -0.2) is 0 Å². The van der Waals surface area contributed by atoms with Crippen LogP contribution in [0, 0.1) is 10.1 Å². The highest BCUT2D eigenvalue weighted by Crippen LogP contribution is 2.34. The summed E-state index contributed by atoms with van der Waals surface area (Å²) in [6, 6.07) is 12.1. The number of benzene rings is 2. The molecule has 4 rings (SSSR count). The van der Waals surface area contributed by atoms with E-state index >= 15 is 0 Å². The summed E-state index contributed by atoms with van der Waals surface area (Å²) in [5.41, 5.74) is 2.38. The minimum absolute atomic E-state index is 0.0916. The van der Waals surface area contributed by atoms with Gasteiger partial charge in [-0.3, -0.25) is 29.4 Å². The summed E-state index contributed by atoms with van der Waals surface area (Å²) in [7, 11) is 1.32. The van der Waals surface area contributed by atoms with E-state index in [2.05, 4.69) is 0 Å². The Balaban J connectivity index is 1.48. The number of hydrogen-bond donors (Lipinski definition) is 0. The SMILES string of the molecule is COc1ccc(/C=C2/SC(=O)N(CC(=O)N3CCc4ccccc4C3)C2=O)cc1[N+](=O)[O-]. The quantitative estimate of drug-likeness (QED) is 0.388. The summed E-state index contributed by atoms with van der Waals surface area (Å²) in [6.07, 6.45) is 2.12. The lowest BCUT2D eigenvalue weighted by Crippen LogP contribution is -2.44. The van der Waals surface area contributed by atoms with Gasteiger partial charge in [-0.1, -0.05) is 30.3 Å². The molecule has 9 nitrogen and oxygen atoms in total. The predicted molar refractivity (Wildman–Crippen MR) is 118 cm³/mol. The number of thioether (sulfide) groups is 1. The Labute approximate surface area is 187 Å². The third-order valence-corrected chi connectivity index (χ3v) is 6.26. The fourth-order valence-electron chi connectivity index (χ4n) is 3.67. The largest absolute Gasteiger partial charge is 0.490 e. The lowest BCUT2D eigenvalue weighted by atomic mass is 10.00. The standard InChI is InChI=1S/C22H19N3O6S/c1-31-18-7-6-14(10-17(18)25(29)30)11-19-21(27)24(22(28)32-19)13-20(26)23-9-8-15-4-2-3-5-16(15)12-23/h2-7,10-11H,8-9,12-13H2,1H3/b19-11+. The highest BCUT2D eigenvalue weighted by Gasteiger charge is 2.37. The zero-order valence-electron chi connectivity index (χ0n) is 17.1. The molecule has 0 N–H and O–H groups in total. The fourth-order valence-corrected chi connectivity index (χ4v) is 4.51. The Kier molecular flexibility index (Phi) is 5.95. The zero-order valence-corrected chi connectivity index (χ0v) is 18.0. The summed E-state index contributed by atoms with van der Waals surface area (Å²) in [6.45, 7) is 0.626. The summed E-state index contributed by atoms with van der Waals surface area (Å²) >= 11 is 0.705. The van der Waals surface area contributed by atoms with E-state index in [-0.39, 0.29) is 28.8 Å². The van der Waals surface area contributed by atoms with Crippen molar-refractivity contribution in [2.75, 3.05) is 20.2 Å². The molecule has 2 aromatic rings. The lowest BCUT2D eigenvalue weighted by Gasteiger charge is -2.29. The molecule has 0 aromatic heterocycles. The van der Waals surface area contributed by atoms with E-state index in [1.807, 2.05) is 24.3 Å². The fraction of sp³-hybridized carbons (Fsp3) is 0.227. The number of nitro benzene ring substituents is 1. The summed E-state index contributed by atoms with van der Waals surface area (Å²) < 4.78 is 4.97. The molecule has 1 fully saturated rings. The molecule has 3 amide bonds. The van der Waals surface area contributed by atoms with Crippen LogP contribution in [0.25, 0.3) is 6.08 Å². The van der Waals surface area contributed by atoms with Crippen molar-refractivity contribution in [2.24, 2.45) is 0 Å². The first kappa shape index (κ1) is 21.6. The van der Waals surface area contributed by atoms with E-state index in [4.69, 9.17) is 4.74 Å². The van der Waals surface area contributed by atoms with Crippen molar-refractivity contribution in [3.63, 3.8) is 0 Å². The van der Waals surface area contributed by atoms with Crippen LogP contribution in [0.15, 0.2) is 47.4 Å². The molecule has 32 heavy (non-hydrogen) atoms. The number of amides is 3. The first-order chi connectivity index (χ1) is 15.4. The predicted octanol–water partition coefficient (Wildman–Crippen LogP) is 3.22. The molecule has 2 aromatic carbocycles. The monoisotopic (exact) mass is 453 g/mol. The van der Waals surface area contributed by atoms with Crippen molar-refractivity contribution in [2.45, 2.75) is 13.0 Å². The Morgan fingerprint density at radius 2 is 1.97 bits per heavy atom. The number of rotatable bonds is 5. The van der Waals surface area contributed by atoms with Gasteiger partial charge in [-0.15, -0.1) is 0 Å². The highest BCUT2D eigenvalue weighted by molar-refractivity contribution is 8.18. The van der Waals surface area contributed by atoms with Crippen LogP contribution in [0.5, 0.6) is 5.75 Å². The molecule has 0 aliphatic carbocycles. The van der Waals surface area contributed by atoms with Gasteiger partial charge in [0.25, 0.3) is 11.1 Å². The smallest absolute Gasteiger partial charge is 0.311 e. The molecule has 0 spiro atoms. The van der Waals surface area contributed by atoms with E-state index in [1.165, 1.54) is 30.9 Å². The Morgan fingerprint density at radius 3 is 2.69 bits per heavy atom. The Morgan fingerprint density at radius 1 is 1.22 bits per heavy atom. The molecule has 0 radical (unpaired) electrons. The number of carbonyl (C=O) groups excluding carboxylic acids is 3. The third-order valence-electron chi connectivity index (χ3n) is 5.35. The van der Waals surface area contributed by atoms with Crippen LogP contribution < -0.4 is 4.74 Å². The van der Waals surface area contributed by atoms with Crippen molar-refractivity contribution < 1.29 is 24.0 Å². The van der Waals surface area contributed by atoms with Crippen LogP contribution >= 0.6 is 11.8 Å². The topological polar surface area (TPSA) is 110 Å². The van der Waals surface area contributed by atoms with Gasteiger partial charge in [0.2, 0.25) is 5.91 Å². The molecular weight excluding hydrogens is 434 g/mol. The average Bonchev–Trinajstić information content (AvgIpc) is 3.05. The van der Waals surface area contributed by atoms with E-state index in [9.17, 15) is 24.5 Å². The maximum absolute atomic E-state index is 12.8. The molecule has 2 heterocycles. The normalized spacial score (nSPS) is 17.0. The van der Waals surface area contributed by atoms with Crippen molar-refractivity contribution in [3.8, 4) is 5.75 Å². The molecule has 2 aliphatic rings. The summed E-state index contributed by atoms with van der Waals surface area (Å²) in [5, 5.41) is 10.7. The van der Waals surface area contributed by atoms with Gasteiger partial charge in [0.1, 0.15) is 6.54 Å². The van der Waals surface area contributed by atoms with Crippen molar-refractivity contribution in [1.82, 2.24) is 9.80 Å². The van der Waals surface area contributed by atoms with Crippen molar-refractivity contribution >= 4 is 40.6 Å². The van der Waals surface area contributed by atoms with Gasteiger partial charge >= 0.3 is 5.69 Å². The van der Waals surface area contributed by atoms with E-state index in [0.717, 1.165) is 16.9 Å². The number of carbonyl (C=O) groups is 3. The number of imide groups is 1. The van der Waals surface area contributed by atoms with Crippen LogP contribution in [0.3, 0.4) is 0 Å². The number of nitrogens with zero attached hydrogens (tertiary/aromatic N) is 3. The first-order valence-corrected chi connectivity index (χ1v) is 10.6. The van der Waals surface area contributed by atoms with Gasteiger partial charge in [-0.05, 0) is 47.0 Å². The van der Waals surface area contributed by atoms with Gasteiger partial charge in [0.05, 0.1) is 16.9 Å². The molecule has 0 saturated carbocycles. The number of hydrogen-bond acceptors (Lipinski definition) is 7. The van der Waals surface area contributed by atoms with Crippen LogP contribution in [0.1, 0.15) is 16.7 Å². The second-order valence-electron chi connectivity index (χ2n) is 7.29. The molecule has 0 atom stereocenters. The second-order valence-corrected chi connectivity index (χ2v) is 8.28. The van der Waals surface area contributed by atoms with E-state index < -0.39 is 16.1 Å². The minimum atomic E-state index is -0.593. The maximum atomic E-state index is 12.8. The molecule has 2 aliphatic heterocycles. The summed E-state index contributed by atoms with van der Waals surface area (Å²) in [5.74, 6) is -0.804. The van der Waals surface area contributed by atoms with Crippen LogP contribution in [-0.2, 0) is 22.6 Å². The average molecular weight is 453 g/mol. The Bertz CT molecular complexity index is 1160. The summed E-state index contributed by atoms with van der Waals surface area (Å²) in [4.78, 5) is 51.2. The van der Waals surface area contributed by atoms with Crippen LogP contribution in [0.4, 0.5) is 10.5 Å². The molecule has 0 bridgehead atoms. The van der Waals surface area contributed by atoms with Gasteiger partial charge < -0.3 is 9.64 Å². The molecule has 164 valence electrons. The minimum Gasteiger partial charge on any atom is -0.490 e. The third kappa shape index (κ3) is 4.22. The van der Waals surface area contributed by atoms with Crippen LogP contribution in [0.2, 0.25) is 0 Å². The van der Waals surface area contributed by atoms with Crippen molar-refractivity contribution in [3.05, 3.63) is 74.2 Å². The number of ether oxygens (including phenoxy) is 1. The molecular formula is C22H19N3O6S. The lowest BCUT2D eigenvalue weighted by molar-refractivity contribution is -0.385. The molecule has 0 unspecified atom stereocenters. The van der Waals surface area contributed by atoms with E-state index in [0.29, 0.717) is 30.4 Å². The first-order valence-electron chi connectivity index (χ1n) is 9.79. The van der Waals surface area contributed by atoms with Gasteiger partial charge in [0.15, 0.2) is 5.75 Å². The molecule has 10 heteroatoms. The highest BCUT2D eigenvalue weighted by atomic mass is 32.2. The maximum Gasteiger partial charge on any atom is 0.311 e. The van der Waals surface area contributed by atoms with Crippen molar-refractivity contribution in [1.29, 1.82) is 0 Å². The number of nitro groups is 1. The van der Waals surface area contributed by atoms with Crippen LogP contribution in [-0.4, -0.2) is 52.0 Å². The van der Waals surface area contributed by atoms with Gasteiger partial charge in [-0.2, -0.15) is 0 Å². The van der Waals surface area contributed by atoms with Gasteiger partial charge in [0, 0.05) is 19.2 Å². The second kappa shape index (κ2) is 8.83. The Hall–Kier alpha value is -3.66. The number of fused-ring (bicyclic) bond motifs is 1. The number of methoxy groups -OCH3 is 1. The molecule has 1 saturated heterocycles.